The first-order chi connectivity index (χ1) is 12.5. The van der Waals surface area contributed by atoms with E-state index in [1.165, 1.54) is 11.8 Å². The molecule has 0 amide bonds. The van der Waals surface area contributed by atoms with Crippen LogP contribution in [0.15, 0.2) is 52.1 Å². The van der Waals surface area contributed by atoms with Crippen LogP contribution in [0.1, 0.15) is 27.4 Å². The normalized spacial score (nSPS) is 10.7. The second-order valence-corrected chi connectivity index (χ2v) is 7.10. The van der Waals surface area contributed by atoms with E-state index in [1.807, 2.05) is 44.2 Å². The second kappa shape index (κ2) is 8.38. The van der Waals surface area contributed by atoms with Crippen molar-refractivity contribution in [3.05, 3.63) is 70.1 Å². The van der Waals surface area contributed by atoms with Crippen LogP contribution in [0, 0.1) is 13.8 Å². The Hall–Kier alpha value is -2.31. The van der Waals surface area contributed by atoms with Crippen LogP contribution in [0.4, 0.5) is 0 Å². The van der Waals surface area contributed by atoms with E-state index in [0.29, 0.717) is 27.4 Å². The molecule has 7 heteroatoms. The van der Waals surface area contributed by atoms with Crippen molar-refractivity contribution in [2.24, 2.45) is 0 Å². The maximum absolute atomic E-state index is 12.2. The molecule has 0 aliphatic rings. The van der Waals surface area contributed by atoms with Gasteiger partial charge in [0.15, 0.2) is 12.4 Å². The van der Waals surface area contributed by atoms with Crippen LogP contribution >= 0.6 is 23.4 Å². The van der Waals surface area contributed by atoms with E-state index in [1.54, 1.807) is 12.1 Å². The number of carbonyl (C=O) groups is 1. The first-order valence-electron chi connectivity index (χ1n) is 7.95. The van der Waals surface area contributed by atoms with Crippen molar-refractivity contribution in [1.29, 1.82) is 0 Å². The van der Waals surface area contributed by atoms with Crippen molar-refractivity contribution in [3.8, 4) is 5.75 Å². The molecule has 1 aromatic heterocycles. The SMILES string of the molecule is Cc1ccc(C(=O)CSc2nnc(COc3ccc(Cl)cc3C)o2)cc1. The molecular formula is C19H17ClN2O3S. The van der Waals surface area contributed by atoms with Crippen LogP contribution in [-0.2, 0) is 6.61 Å². The Morgan fingerprint density at radius 1 is 1.15 bits per heavy atom. The number of ketones is 1. The summed E-state index contributed by atoms with van der Waals surface area (Å²) in [6, 6.07) is 12.8. The highest BCUT2D eigenvalue weighted by Gasteiger charge is 2.12. The highest BCUT2D eigenvalue weighted by molar-refractivity contribution is 7.99. The summed E-state index contributed by atoms with van der Waals surface area (Å²) in [6.45, 7) is 4.05. The summed E-state index contributed by atoms with van der Waals surface area (Å²) in [5.41, 5.74) is 2.71. The fourth-order valence-electron chi connectivity index (χ4n) is 2.22. The van der Waals surface area contributed by atoms with E-state index in [0.717, 1.165) is 11.1 Å². The summed E-state index contributed by atoms with van der Waals surface area (Å²) in [4.78, 5) is 12.2. The first kappa shape index (κ1) is 18.5. The highest BCUT2D eigenvalue weighted by atomic mass is 35.5. The van der Waals surface area contributed by atoms with Crippen molar-refractivity contribution in [2.75, 3.05) is 5.75 Å². The fraction of sp³-hybridized carbons (Fsp3) is 0.211. The predicted octanol–water partition coefficient (Wildman–Crippen LogP) is 4.89. The first-order valence-corrected chi connectivity index (χ1v) is 9.31. The van der Waals surface area contributed by atoms with E-state index >= 15 is 0 Å². The standard InChI is InChI=1S/C19H17ClN2O3S/c1-12-3-5-14(6-4-12)16(23)11-26-19-22-21-18(25-19)10-24-17-8-7-15(20)9-13(17)2/h3-9H,10-11H2,1-2H3. The lowest BCUT2D eigenvalue weighted by Gasteiger charge is -2.06. The van der Waals surface area contributed by atoms with Gasteiger partial charge in [-0.25, -0.2) is 0 Å². The minimum Gasteiger partial charge on any atom is -0.484 e. The number of nitrogens with zero attached hydrogens (tertiary/aromatic N) is 2. The van der Waals surface area contributed by atoms with Crippen LogP contribution in [0.25, 0.3) is 0 Å². The van der Waals surface area contributed by atoms with Gasteiger partial charge >= 0.3 is 0 Å². The number of halogens is 1. The third kappa shape index (κ3) is 4.86. The van der Waals surface area contributed by atoms with Crippen molar-refractivity contribution in [3.63, 3.8) is 0 Å². The van der Waals surface area contributed by atoms with Gasteiger partial charge in [0.2, 0.25) is 0 Å². The molecule has 134 valence electrons. The molecule has 0 unspecified atom stereocenters. The van der Waals surface area contributed by atoms with E-state index < -0.39 is 0 Å². The van der Waals surface area contributed by atoms with Gasteiger partial charge in [0.05, 0.1) is 5.75 Å². The van der Waals surface area contributed by atoms with Crippen molar-refractivity contribution in [2.45, 2.75) is 25.7 Å². The lowest BCUT2D eigenvalue weighted by atomic mass is 10.1. The summed E-state index contributed by atoms with van der Waals surface area (Å²) in [6.07, 6.45) is 0. The smallest absolute Gasteiger partial charge is 0.277 e. The highest BCUT2D eigenvalue weighted by Crippen LogP contribution is 2.23. The molecule has 0 saturated carbocycles. The molecule has 2 aromatic carbocycles. The summed E-state index contributed by atoms with van der Waals surface area (Å²) < 4.78 is 11.2. The van der Waals surface area contributed by atoms with Crippen LogP contribution in [0.2, 0.25) is 5.02 Å². The maximum atomic E-state index is 12.2. The van der Waals surface area contributed by atoms with Crippen LogP contribution in [0.5, 0.6) is 5.75 Å². The minimum absolute atomic E-state index is 0.0165. The topological polar surface area (TPSA) is 65.2 Å². The summed E-state index contributed by atoms with van der Waals surface area (Å²) >= 11 is 7.14. The molecule has 0 fully saturated rings. The van der Waals surface area contributed by atoms with Gasteiger partial charge in [-0.1, -0.05) is 53.2 Å². The summed E-state index contributed by atoms with van der Waals surface area (Å²) in [5, 5.41) is 8.88. The fourth-order valence-corrected chi connectivity index (χ4v) is 3.12. The van der Waals surface area contributed by atoms with Gasteiger partial charge in [-0.15, -0.1) is 10.2 Å². The number of Topliss-reactive ketones (excluding diaryl/α,β-unsaturated/α-hetero) is 1. The predicted molar refractivity (Wildman–Crippen MR) is 101 cm³/mol. The Bertz CT molecular complexity index is 909. The average molecular weight is 389 g/mol. The second-order valence-electron chi connectivity index (χ2n) is 5.74. The summed E-state index contributed by atoms with van der Waals surface area (Å²) in [5.74, 6) is 1.31. The average Bonchev–Trinajstić information content (AvgIpc) is 3.07. The van der Waals surface area contributed by atoms with Gasteiger partial charge in [-0.05, 0) is 37.6 Å². The van der Waals surface area contributed by atoms with Crippen molar-refractivity contribution < 1.29 is 13.9 Å². The molecular weight excluding hydrogens is 372 g/mol. The number of rotatable bonds is 7. The molecule has 3 aromatic rings. The van der Waals surface area contributed by atoms with E-state index in [9.17, 15) is 4.79 Å². The van der Waals surface area contributed by atoms with E-state index in [-0.39, 0.29) is 18.1 Å². The van der Waals surface area contributed by atoms with Gasteiger partial charge in [0.1, 0.15) is 5.75 Å². The number of benzene rings is 2. The van der Waals surface area contributed by atoms with Gasteiger partial charge in [-0.3, -0.25) is 4.79 Å². The quantitative estimate of drug-likeness (QED) is 0.424. The Kier molecular flexibility index (Phi) is 5.96. The Balaban J connectivity index is 1.53. The molecule has 0 spiro atoms. The monoisotopic (exact) mass is 388 g/mol. The van der Waals surface area contributed by atoms with Gasteiger partial charge < -0.3 is 9.15 Å². The number of ether oxygens (including phenoxy) is 1. The number of aromatic nitrogens is 2. The molecule has 0 aliphatic carbocycles. The van der Waals surface area contributed by atoms with Gasteiger partial charge in [0, 0.05) is 10.6 Å². The third-order valence-electron chi connectivity index (χ3n) is 3.64. The largest absolute Gasteiger partial charge is 0.484 e. The van der Waals surface area contributed by atoms with Crippen molar-refractivity contribution in [1.82, 2.24) is 10.2 Å². The molecule has 1 heterocycles. The van der Waals surface area contributed by atoms with Crippen LogP contribution in [-0.4, -0.2) is 21.7 Å². The zero-order valence-corrected chi connectivity index (χ0v) is 15.9. The van der Waals surface area contributed by atoms with Gasteiger partial charge in [0.25, 0.3) is 11.1 Å². The molecule has 3 rings (SSSR count). The molecule has 0 radical (unpaired) electrons. The Labute approximate surface area is 160 Å². The Morgan fingerprint density at radius 3 is 2.65 bits per heavy atom. The van der Waals surface area contributed by atoms with Gasteiger partial charge in [-0.2, -0.15) is 0 Å². The van der Waals surface area contributed by atoms with Crippen LogP contribution in [0.3, 0.4) is 0 Å². The maximum Gasteiger partial charge on any atom is 0.277 e. The molecule has 0 saturated heterocycles. The zero-order chi connectivity index (χ0) is 18.5. The molecule has 26 heavy (non-hydrogen) atoms. The van der Waals surface area contributed by atoms with Crippen LogP contribution < -0.4 is 4.74 Å². The zero-order valence-electron chi connectivity index (χ0n) is 14.4. The Morgan fingerprint density at radius 2 is 1.92 bits per heavy atom. The minimum atomic E-state index is 0.0165. The number of aryl methyl sites for hydroxylation is 2. The lowest BCUT2D eigenvalue weighted by molar-refractivity contribution is 0.102. The third-order valence-corrected chi connectivity index (χ3v) is 4.69. The van der Waals surface area contributed by atoms with Crippen molar-refractivity contribution >= 4 is 29.1 Å². The van der Waals surface area contributed by atoms with E-state index in [2.05, 4.69) is 10.2 Å². The molecule has 0 atom stereocenters. The number of thioether (sulfide) groups is 1. The van der Waals surface area contributed by atoms with E-state index in [4.69, 9.17) is 20.8 Å². The molecule has 5 nitrogen and oxygen atoms in total. The number of hydrogen-bond acceptors (Lipinski definition) is 6. The lowest BCUT2D eigenvalue weighted by Crippen LogP contribution is -2.02. The molecule has 0 aliphatic heterocycles. The number of hydrogen-bond donors (Lipinski definition) is 0. The number of carbonyl (C=O) groups excluding carboxylic acids is 1. The molecule has 0 N–H and O–H groups in total. The summed E-state index contributed by atoms with van der Waals surface area (Å²) in [7, 11) is 0. The molecule has 0 bridgehead atoms.